The second-order valence-corrected chi connectivity index (χ2v) is 7.13. The summed E-state index contributed by atoms with van der Waals surface area (Å²) in [5, 5.41) is 3.81. The number of nitrogens with two attached hydrogens (primary N) is 1. The van der Waals surface area contributed by atoms with Crippen molar-refractivity contribution in [3.63, 3.8) is 0 Å². The number of nitrogen functional groups attached to an aromatic ring is 1. The molecule has 5 N–H and O–H groups in total. The molecule has 0 fully saturated rings. The number of carbonyl (C=O) groups excluding carboxylic acids is 2. The zero-order valence-corrected chi connectivity index (χ0v) is 16.8. The monoisotopic (exact) mass is 438 g/mol. The van der Waals surface area contributed by atoms with Gasteiger partial charge in [0.25, 0.3) is 11.8 Å². The van der Waals surface area contributed by atoms with Crippen molar-refractivity contribution in [1.29, 1.82) is 0 Å². The van der Waals surface area contributed by atoms with Crippen molar-refractivity contribution in [2.45, 2.75) is 6.92 Å². The highest BCUT2D eigenvalue weighted by atomic mass is 35.5. The van der Waals surface area contributed by atoms with Crippen LogP contribution < -0.4 is 21.6 Å². The lowest BCUT2D eigenvalue weighted by atomic mass is 10.1. The molecule has 0 saturated heterocycles. The van der Waals surface area contributed by atoms with Crippen LogP contribution in [0.1, 0.15) is 26.4 Å². The molecular weight excluding hydrogens is 425 g/mol. The first kappa shape index (κ1) is 20.2. The Morgan fingerprint density at radius 1 is 1.11 bits per heavy atom. The van der Waals surface area contributed by atoms with E-state index in [9.17, 15) is 9.59 Å². The predicted molar refractivity (Wildman–Crippen MR) is 108 cm³/mol. The van der Waals surface area contributed by atoms with Gasteiger partial charge < -0.3 is 5.32 Å². The number of halogens is 3. The van der Waals surface area contributed by atoms with Gasteiger partial charge in [-0.05, 0) is 36.8 Å². The smallest absolute Gasteiger partial charge is 0.303 e. The zero-order chi connectivity index (χ0) is 20.4. The van der Waals surface area contributed by atoms with Crippen molar-refractivity contribution in [1.82, 2.24) is 9.99 Å². The fraction of sp³-hybridized carbons (Fsp3) is 0.0556. The molecule has 0 atom stereocenters. The van der Waals surface area contributed by atoms with Crippen LogP contribution in [0.15, 0.2) is 42.7 Å². The quantitative estimate of drug-likeness (QED) is 0.330. The largest absolute Gasteiger partial charge is 0.318 e. The van der Waals surface area contributed by atoms with Crippen LogP contribution in [0.4, 0.5) is 5.69 Å². The molecular formula is C18H15Cl3N5O2+. The van der Waals surface area contributed by atoms with Crippen LogP contribution >= 0.6 is 34.8 Å². The maximum atomic E-state index is 13.0. The van der Waals surface area contributed by atoms with E-state index >= 15 is 0 Å². The molecule has 0 aliphatic heterocycles. The number of carbonyl (C=O) groups is 2. The summed E-state index contributed by atoms with van der Waals surface area (Å²) in [6.45, 7) is 1.71. The Hall–Kier alpha value is -2.58. The van der Waals surface area contributed by atoms with Crippen molar-refractivity contribution in [3.8, 4) is 5.82 Å². The Morgan fingerprint density at radius 2 is 1.86 bits per heavy atom. The third-order valence-corrected chi connectivity index (χ3v) is 4.69. The molecule has 1 aromatic carbocycles. The SMILES string of the molecule is Cc1cc(Cl)cc(C(=O)NN)c1NC(=O)c1cc(Cl)cn1-c1[nH+]cccc1Cl. The fourth-order valence-electron chi connectivity index (χ4n) is 2.73. The molecule has 3 rings (SSSR count). The summed E-state index contributed by atoms with van der Waals surface area (Å²) in [5.74, 6) is 4.61. The number of hydrazine groups is 1. The van der Waals surface area contributed by atoms with E-state index in [1.54, 1.807) is 37.5 Å². The van der Waals surface area contributed by atoms with Gasteiger partial charge in [-0.15, -0.1) is 0 Å². The first-order valence-electron chi connectivity index (χ1n) is 7.98. The topological polar surface area (TPSA) is 103 Å². The molecule has 0 aliphatic rings. The molecule has 2 aromatic heterocycles. The van der Waals surface area contributed by atoms with Crippen LogP contribution in [0.25, 0.3) is 5.82 Å². The minimum atomic E-state index is -0.589. The van der Waals surface area contributed by atoms with E-state index < -0.39 is 11.8 Å². The number of hydrogen-bond donors (Lipinski definition) is 3. The highest BCUT2D eigenvalue weighted by molar-refractivity contribution is 6.33. The van der Waals surface area contributed by atoms with Gasteiger partial charge in [0.2, 0.25) is 0 Å². The van der Waals surface area contributed by atoms with E-state index in [1.807, 2.05) is 5.43 Å². The number of hydrogen-bond acceptors (Lipinski definition) is 3. The van der Waals surface area contributed by atoms with E-state index in [-0.39, 0.29) is 16.9 Å². The predicted octanol–water partition coefficient (Wildman–Crippen LogP) is 3.42. The summed E-state index contributed by atoms with van der Waals surface area (Å²) in [7, 11) is 0. The molecule has 7 nitrogen and oxygen atoms in total. The van der Waals surface area contributed by atoms with Crippen molar-refractivity contribution in [2.75, 3.05) is 5.32 Å². The molecule has 144 valence electrons. The second kappa shape index (κ2) is 8.20. The normalized spacial score (nSPS) is 10.6. The summed E-state index contributed by atoms with van der Waals surface area (Å²) < 4.78 is 1.52. The minimum absolute atomic E-state index is 0.134. The molecule has 3 aromatic rings. The standard InChI is InChI=1S/C18H14Cl3N5O2/c1-9-5-10(19)6-12(17(27)25-22)15(9)24-18(28)14-7-11(20)8-26(14)16-13(21)3-2-4-23-16/h2-8H,22H2,1H3,(H,24,28)(H,25,27)/p+1. The van der Waals surface area contributed by atoms with Gasteiger partial charge in [-0.3, -0.25) is 15.0 Å². The first-order valence-corrected chi connectivity index (χ1v) is 9.12. The van der Waals surface area contributed by atoms with Gasteiger partial charge in [0.15, 0.2) is 5.69 Å². The van der Waals surface area contributed by atoms with Gasteiger partial charge >= 0.3 is 5.82 Å². The Bertz CT molecular complexity index is 1080. The van der Waals surface area contributed by atoms with Crippen molar-refractivity contribution < 1.29 is 14.6 Å². The van der Waals surface area contributed by atoms with Crippen LogP contribution in [0.3, 0.4) is 0 Å². The Balaban J connectivity index is 2.05. The Morgan fingerprint density at radius 3 is 2.54 bits per heavy atom. The average molecular weight is 440 g/mol. The van der Waals surface area contributed by atoms with Crippen molar-refractivity contribution in [3.05, 3.63) is 74.6 Å². The van der Waals surface area contributed by atoms with Crippen LogP contribution in [-0.2, 0) is 0 Å². The molecule has 0 spiro atoms. The molecule has 2 heterocycles. The summed E-state index contributed by atoms with van der Waals surface area (Å²) in [6, 6.07) is 7.93. The number of amides is 2. The maximum absolute atomic E-state index is 13.0. The summed E-state index contributed by atoms with van der Waals surface area (Å²) in [5.41, 5.74) is 3.26. The number of rotatable bonds is 4. The minimum Gasteiger partial charge on any atom is -0.318 e. The first-order chi connectivity index (χ1) is 13.3. The highest BCUT2D eigenvalue weighted by Crippen LogP contribution is 2.28. The van der Waals surface area contributed by atoms with Crippen molar-refractivity contribution in [2.24, 2.45) is 5.84 Å². The highest BCUT2D eigenvalue weighted by Gasteiger charge is 2.25. The third kappa shape index (κ3) is 3.98. The number of aryl methyl sites for hydroxylation is 1. The van der Waals surface area contributed by atoms with Crippen molar-refractivity contribution >= 4 is 52.3 Å². The summed E-state index contributed by atoms with van der Waals surface area (Å²) in [6.07, 6.45) is 3.22. The van der Waals surface area contributed by atoms with Gasteiger partial charge in [-0.25, -0.2) is 10.8 Å². The number of nitrogens with one attached hydrogen (secondary N) is 3. The number of aromatic nitrogens is 2. The molecule has 10 heteroatoms. The molecule has 2 amide bonds. The molecule has 0 unspecified atom stereocenters. The number of aromatic amines is 1. The van der Waals surface area contributed by atoms with Gasteiger partial charge in [0, 0.05) is 11.1 Å². The summed E-state index contributed by atoms with van der Waals surface area (Å²) >= 11 is 18.4. The van der Waals surface area contributed by atoms with Gasteiger partial charge in [0.1, 0.15) is 11.2 Å². The molecule has 0 saturated carbocycles. The number of H-pyrrole nitrogens is 1. The third-order valence-electron chi connectivity index (χ3n) is 3.96. The van der Waals surface area contributed by atoms with E-state index in [2.05, 4.69) is 10.3 Å². The maximum Gasteiger partial charge on any atom is 0.303 e. The molecule has 0 aliphatic carbocycles. The second-order valence-electron chi connectivity index (χ2n) is 5.85. The summed E-state index contributed by atoms with van der Waals surface area (Å²) in [4.78, 5) is 28.1. The van der Waals surface area contributed by atoms with Gasteiger partial charge in [-0.2, -0.15) is 4.57 Å². The van der Waals surface area contributed by atoms with E-state index in [1.165, 1.54) is 16.7 Å². The number of pyridine rings is 1. The number of nitrogens with zero attached hydrogens (tertiary/aromatic N) is 1. The van der Waals surface area contributed by atoms with Crippen LogP contribution in [-0.4, -0.2) is 16.4 Å². The number of benzene rings is 1. The average Bonchev–Trinajstić information content (AvgIpc) is 3.05. The molecule has 28 heavy (non-hydrogen) atoms. The van der Waals surface area contributed by atoms with E-state index in [0.29, 0.717) is 26.4 Å². The lowest BCUT2D eigenvalue weighted by Gasteiger charge is -2.13. The number of anilines is 1. The Labute approximate surface area is 175 Å². The van der Waals surface area contributed by atoms with Gasteiger partial charge in [-0.1, -0.05) is 34.8 Å². The van der Waals surface area contributed by atoms with Crippen LogP contribution in [0, 0.1) is 6.92 Å². The van der Waals surface area contributed by atoms with Crippen LogP contribution in [0.2, 0.25) is 15.1 Å². The zero-order valence-electron chi connectivity index (χ0n) is 14.5. The Kier molecular flexibility index (Phi) is 5.90. The molecule has 0 bridgehead atoms. The van der Waals surface area contributed by atoms with Gasteiger partial charge in [0.05, 0.1) is 22.5 Å². The van der Waals surface area contributed by atoms with Crippen LogP contribution in [0.5, 0.6) is 0 Å². The fourth-order valence-corrected chi connectivity index (χ4v) is 3.42. The lowest BCUT2D eigenvalue weighted by Crippen LogP contribution is -2.31. The molecule has 0 radical (unpaired) electrons. The lowest BCUT2D eigenvalue weighted by molar-refractivity contribution is -0.373. The van der Waals surface area contributed by atoms with E-state index in [4.69, 9.17) is 40.6 Å². The van der Waals surface area contributed by atoms with E-state index in [0.717, 1.165) is 0 Å².